The Morgan fingerprint density at radius 1 is 0.828 bits per heavy atom. The molecule has 1 heterocycles. The Kier molecular flexibility index (Phi) is 14.4. The molecule has 3 fully saturated rings. The van der Waals surface area contributed by atoms with Gasteiger partial charge in [-0.2, -0.15) is 0 Å². The summed E-state index contributed by atoms with van der Waals surface area (Å²) in [5.41, 5.74) is -3.24. The second kappa shape index (κ2) is 19.5. The third-order valence-electron chi connectivity index (χ3n) is 13.6. The van der Waals surface area contributed by atoms with Crippen molar-refractivity contribution in [1.29, 1.82) is 0 Å². The number of amides is 1. The van der Waals surface area contributed by atoms with Gasteiger partial charge in [0.15, 0.2) is 0 Å². The summed E-state index contributed by atoms with van der Waals surface area (Å²) < 4.78 is 40.5. The maximum atomic E-state index is 15.2. The van der Waals surface area contributed by atoms with Gasteiger partial charge in [0.05, 0.1) is 23.7 Å². The van der Waals surface area contributed by atoms with Gasteiger partial charge < -0.3 is 43.6 Å². The smallest absolute Gasteiger partial charge is 0.455 e. The lowest BCUT2D eigenvalue weighted by Crippen LogP contribution is -2.73. The van der Waals surface area contributed by atoms with Crippen molar-refractivity contribution in [2.24, 2.45) is 22.7 Å². The summed E-state index contributed by atoms with van der Waals surface area (Å²) in [4.78, 5) is 84.1. The minimum atomic E-state index is -2.08. The normalized spacial score (nSPS) is 28.8. The average Bonchev–Trinajstić information content (AvgIpc) is 3.27. The molecule has 0 spiro atoms. The molecule has 2 unspecified atom stereocenters. The zero-order valence-corrected chi connectivity index (χ0v) is 39.8. The lowest BCUT2D eigenvalue weighted by Gasteiger charge is -2.64. The summed E-state index contributed by atoms with van der Waals surface area (Å²) >= 11 is 3.66. The number of ether oxygens (including phenoxy) is 7. The van der Waals surface area contributed by atoms with E-state index in [0.717, 1.165) is 0 Å². The molecule has 3 aromatic rings. The maximum Gasteiger partial charge on any atom is 0.509 e. The topological polar surface area (TPSA) is 199 Å². The fourth-order valence-corrected chi connectivity index (χ4v) is 10.4. The molecule has 1 saturated heterocycles. The van der Waals surface area contributed by atoms with Gasteiger partial charge in [0.2, 0.25) is 6.10 Å². The SMILES string of the molecule is CC1=C2CC(=O)[C@@]3(C)[C@@H](C4CO[C@@H]4C[C@@H]3OC(=O)OCI)C(OC(=O)c3ccccc3)[C@](O)(C[C@@H]1OC(=O)[C@H](OC(=O)OCI)[C@@H](NC(=O)c1ccccc1)c1ccccc1)C2(C)C. The minimum Gasteiger partial charge on any atom is -0.455 e. The van der Waals surface area contributed by atoms with E-state index in [1.807, 2.05) is 22.6 Å². The second-order valence-corrected chi connectivity index (χ2v) is 18.3. The number of Topliss-reactive ketones (excluding diaryl/α,β-unsaturated/α-hetero) is 1. The minimum absolute atomic E-state index is 0.00571. The average molecular weight is 1110 g/mol. The Labute approximate surface area is 397 Å². The quantitative estimate of drug-likeness (QED) is 0.0590. The number of esters is 2. The first-order valence-corrected chi connectivity index (χ1v) is 23.8. The number of rotatable bonds is 12. The summed E-state index contributed by atoms with van der Waals surface area (Å²) in [6, 6.07) is 23.6. The number of nitrogens with one attached hydrogen (secondary N) is 1. The summed E-state index contributed by atoms with van der Waals surface area (Å²) in [6.45, 7) is 7.03. The number of hydrogen-bond donors (Lipinski definition) is 2. The predicted molar refractivity (Wildman–Crippen MR) is 244 cm³/mol. The molecule has 10 atom stereocenters. The number of alkyl halides is 2. The third-order valence-corrected chi connectivity index (χ3v) is 14.2. The second-order valence-electron chi connectivity index (χ2n) is 17.1. The van der Waals surface area contributed by atoms with E-state index in [9.17, 15) is 29.1 Å². The molecule has 0 radical (unpaired) electrons. The van der Waals surface area contributed by atoms with Gasteiger partial charge in [0.1, 0.15) is 45.0 Å². The van der Waals surface area contributed by atoms with Gasteiger partial charge >= 0.3 is 24.2 Å². The van der Waals surface area contributed by atoms with E-state index in [2.05, 4.69) is 5.32 Å². The van der Waals surface area contributed by atoms with E-state index in [4.69, 9.17) is 33.2 Å². The van der Waals surface area contributed by atoms with Crippen molar-refractivity contribution in [3.63, 3.8) is 0 Å². The molecular formula is C47H49I2NO14. The lowest BCUT2D eigenvalue weighted by molar-refractivity contribution is -0.274. The molecule has 0 aromatic heterocycles. The van der Waals surface area contributed by atoms with Gasteiger partial charge in [-0.1, -0.05) is 86.2 Å². The van der Waals surface area contributed by atoms with Crippen molar-refractivity contribution in [1.82, 2.24) is 5.32 Å². The molecule has 2 N–H and O–H groups in total. The molecule has 1 aliphatic heterocycles. The molecule has 4 aliphatic rings. The summed E-state index contributed by atoms with van der Waals surface area (Å²) in [7, 11) is 0. The number of aliphatic hydroxyl groups is 1. The van der Waals surface area contributed by atoms with Gasteiger partial charge in [-0.3, -0.25) is 9.59 Å². The highest BCUT2D eigenvalue weighted by Crippen LogP contribution is 2.62. The Morgan fingerprint density at radius 2 is 1.42 bits per heavy atom. The summed E-state index contributed by atoms with van der Waals surface area (Å²) in [5.74, 6) is -4.23. The van der Waals surface area contributed by atoms with E-state index in [-0.39, 0.29) is 52.0 Å². The van der Waals surface area contributed by atoms with Crippen LogP contribution in [0.3, 0.4) is 0 Å². The van der Waals surface area contributed by atoms with Crippen LogP contribution in [0, 0.1) is 22.7 Å². The predicted octanol–water partition coefficient (Wildman–Crippen LogP) is 7.62. The number of ketones is 1. The molecule has 7 rings (SSSR count). The number of carbonyl (C=O) groups excluding carboxylic acids is 6. The Balaban J connectivity index is 1.33. The van der Waals surface area contributed by atoms with Gasteiger partial charge in [0.25, 0.3) is 5.91 Å². The van der Waals surface area contributed by atoms with Crippen LogP contribution in [0.2, 0.25) is 0 Å². The Morgan fingerprint density at radius 3 is 2.02 bits per heavy atom. The molecule has 64 heavy (non-hydrogen) atoms. The molecule has 3 aromatic carbocycles. The van der Waals surface area contributed by atoms with Crippen LogP contribution in [0.5, 0.6) is 0 Å². The van der Waals surface area contributed by atoms with Crippen molar-refractivity contribution in [2.75, 3.05) is 15.8 Å². The summed E-state index contributed by atoms with van der Waals surface area (Å²) in [5, 5.41) is 16.5. The molecule has 17 heteroatoms. The van der Waals surface area contributed by atoms with Crippen LogP contribution in [0.15, 0.2) is 102 Å². The Hall–Kier alpha value is -4.60. The van der Waals surface area contributed by atoms with Crippen LogP contribution in [0.1, 0.15) is 79.3 Å². The van der Waals surface area contributed by atoms with Gasteiger partial charge in [-0.15, -0.1) is 0 Å². The monoisotopic (exact) mass is 1110 g/mol. The van der Waals surface area contributed by atoms with Gasteiger partial charge in [-0.05, 0) is 94.4 Å². The van der Waals surface area contributed by atoms with Crippen LogP contribution in [0.4, 0.5) is 9.59 Å². The maximum absolute atomic E-state index is 15.2. The van der Waals surface area contributed by atoms with E-state index in [0.29, 0.717) is 16.7 Å². The molecule has 2 saturated carbocycles. The van der Waals surface area contributed by atoms with E-state index >= 15 is 4.79 Å². The van der Waals surface area contributed by atoms with Gasteiger partial charge in [-0.25, -0.2) is 19.2 Å². The van der Waals surface area contributed by atoms with E-state index < -0.39 is 95.0 Å². The van der Waals surface area contributed by atoms with Crippen LogP contribution in [-0.4, -0.2) is 93.0 Å². The van der Waals surface area contributed by atoms with Crippen LogP contribution >= 0.6 is 45.2 Å². The van der Waals surface area contributed by atoms with Gasteiger partial charge in [0, 0.05) is 42.1 Å². The molecule has 340 valence electrons. The van der Waals surface area contributed by atoms with Crippen LogP contribution < -0.4 is 5.32 Å². The Bertz CT molecular complexity index is 2280. The molecule has 1 amide bonds. The first kappa shape index (κ1) is 47.4. The summed E-state index contributed by atoms with van der Waals surface area (Å²) in [6.07, 6.45) is -8.87. The zero-order valence-electron chi connectivity index (χ0n) is 35.5. The lowest BCUT2D eigenvalue weighted by atomic mass is 9.46. The van der Waals surface area contributed by atoms with Crippen molar-refractivity contribution in [3.8, 4) is 0 Å². The highest BCUT2D eigenvalue weighted by atomic mass is 127. The largest absolute Gasteiger partial charge is 0.509 e. The number of halogens is 2. The highest BCUT2D eigenvalue weighted by Gasteiger charge is 2.71. The van der Waals surface area contributed by atoms with E-state index in [1.54, 1.807) is 141 Å². The van der Waals surface area contributed by atoms with Crippen LogP contribution in [0.25, 0.3) is 0 Å². The molecule has 3 aliphatic carbocycles. The third kappa shape index (κ3) is 9.00. The first-order chi connectivity index (χ1) is 30.5. The molecular weight excluding hydrogens is 1060 g/mol. The number of fused-ring (bicyclic) bond motifs is 5. The number of benzene rings is 3. The van der Waals surface area contributed by atoms with Crippen molar-refractivity contribution in [3.05, 3.63) is 119 Å². The molecule has 2 bridgehead atoms. The fourth-order valence-electron chi connectivity index (χ4n) is 9.93. The number of carbonyl (C=O) groups is 6. The highest BCUT2D eigenvalue weighted by molar-refractivity contribution is 14.1. The first-order valence-electron chi connectivity index (χ1n) is 20.8. The van der Waals surface area contributed by atoms with Crippen LogP contribution in [-0.2, 0) is 42.7 Å². The van der Waals surface area contributed by atoms with Crippen molar-refractivity contribution >= 4 is 81.1 Å². The van der Waals surface area contributed by atoms with Crippen molar-refractivity contribution in [2.45, 2.75) is 89.1 Å². The standard InChI is InChI=1S/C47H49I2NO14/c1-26-31-20-34(51)46(4)35(62-43(55)59-24-48)21-32-30(23-58-32)36(46)39(64-41(53)29-18-12-7-13-19-29)47(57,45(31,2)3)22-33(26)61-42(54)38(63-44(56)60-25-49)37(27-14-8-5-9-15-27)50-40(52)28-16-10-6-11-17-28/h5-19,30,32-33,35-39,57H,20-25H2,1-4H3,(H,50,52)/t30?,32-,33+,35+,36+,37+,38-,39?,46-,47-/m1/s1. The van der Waals surface area contributed by atoms with Crippen molar-refractivity contribution < 1.29 is 67.0 Å². The van der Waals surface area contributed by atoms with E-state index in [1.165, 1.54) is 0 Å². The number of hydrogen-bond acceptors (Lipinski definition) is 14. The zero-order chi connectivity index (χ0) is 46.0. The fraction of sp³-hybridized carbons (Fsp3) is 0.447. The molecule has 15 nitrogen and oxygen atoms in total.